The lowest BCUT2D eigenvalue weighted by atomic mass is 9.38. The Bertz CT molecular complexity index is 2020. The normalized spacial score (nSPS) is 51.4. The van der Waals surface area contributed by atoms with Crippen molar-refractivity contribution < 1.29 is 120 Å². The molecule has 4 saturated heterocycles. The number of allylic oxidation sites excluding steroid dienone is 1. The fraction of sp³-hybridized carbons (Fsp3) is 0.963. The van der Waals surface area contributed by atoms with Crippen molar-refractivity contribution in [2.45, 2.75) is 253 Å². The smallest absolute Gasteiger partial charge is 0.187 e. The summed E-state index contributed by atoms with van der Waals surface area (Å²) in [4.78, 5) is 0. The van der Waals surface area contributed by atoms with Crippen LogP contribution in [0.2, 0.25) is 0 Å². The average Bonchev–Trinajstić information content (AvgIpc) is 3.21. The van der Waals surface area contributed by atoms with E-state index in [1.54, 1.807) is 0 Å². The molecule has 0 unspecified atom stereocenters. The number of hydrogen-bond acceptors (Lipinski definition) is 24. The molecular weight excluding hydrogens is 1030 g/mol. The van der Waals surface area contributed by atoms with Crippen LogP contribution >= 0.6 is 0 Å². The predicted octanol–water partition coefficient (Wildman–Crippen LogP) is -3.23. The predicted molar refractivity (Wildman–Crippen MR) is 268 cm³/mol. The maximum atomic E-state index is 12.7. The van der Waals surface area contributed by atoms with Gasteiger partial charge < -0.3 is 120 Å². The molecule has 7 fully saturated rings. The van der Waals surface area contributed by atoms with E-state index in [4.69, 9.17) is 37.9 Å². The summed E-state index contributed by atoms with van der Waals surface area (Å²) < 4.78 is 47.7. The monoisotopic (exact) mass is 1120 g/mol. The Labute approximate surface area is 455 Å². The summed E-state index contributed by atoms with van der Waals surface area (Å²) in [5.74, 6) is 0.223. The molecule has 24 heteroatoms. The third kappa shape index (κ3) is 11.0. The topological polar surface area (TPSA) is 398 Å². The molecule has 8 aliphatic rings. The lowest BCUT2D eigenvalue weighted by Gasteiger charge is -2.67. The van der Waals surface area contributed by atoms with E-state index < -0.39 is 184 Å². The van der Waals surface area contributed by atoms with E-state index in [0.29, 0.717) is 32.1 Å². The fourth-order valence-corrected chi connectivity index (χ4v) is 15.6. The molecule has 0 amide bonds. The number of hydrogen-bond donors (Lipinski definition) is 16. The summed E-state index contributed by atoms with van der Waals surface area (Å²) in [7, 11) is 0. The zero-order valence-electron chi connectivity index (χ0n) is 46.1. The second-order valence-corrected chi connectivity index (χ2v) is 25.9. The molecule has 0 aromatic rings. The zero-order chi connectivity index (χ0) is 57.5. The molecule has 0 radical (unpaired) electrons. The first kappa shape index (κ1) is 62.8. The molecule has 78 heavy (non-hydrogen) atoms. The van der Waals surface area contributed by atoms with E-state index in [0.717, 1.165) is 18.4 Å². The molecule has 16 N–H and O–H groups in total. The van der Waals surface area contributed by atoms with Crippen LogP contribution in [-0.2, 0) is 37.9 Å². The Morgan fingerprint density at radius 3 is 1.63 bits per heavy atom. The summed E-state index contributed by atoms with van der Waals surface area (Å²) in [6.07, 6.45) is -27.6. The highest BCUT2D eigenvalue weighted by Gasteiger charge is 2.70. The summed E-state index contributed by atoms with van der Waals surface area (Å²) >= 11 is 0. The van der Waals surface area contributed by atoms with Crippen molar-refractivity contribution in [3.8, 4) is 0 Å². The van der Waals surface area contributed by atoms with Gasteiger partial charge in [0.1, 0.15) is 97.7 Å². The van der Waals surface area contributed by atoms with Crippen LogP contribution in [-0.4, -0.2) is 255 Å². The second-order valence-electron chi connectivity index (χ2n) is 25.9. The Morgan fingerprint density at radius 2 is 1.09 bits per heavy atom. The van der Waals surface area contributed by atoms with Crippen LogP contribution in [0.15, 0.2) is 11.6 Å². The number of ether oxygens (including phenoxy) is 8. The number of aliphatic hydroxyl groups is 16. The van der Waals surface area contributed by atoms with Gasteiger partial charge in [0, 0.05) is 10.8 Å². The molecule has 0 aromatic carbocycles. The summed E-state index contributed by atoms with van der Waals surface area (Å²) in [6, 6.07) is 0. The van der Waals surface area contributed by atoms with E-state index in [1.807, 2.05) is 0 Å². The largest absolute Gasteiger partial charge is 0.394 e. The fourth-order valence-electron chi connectivity index (χ4n) is 15.6. The minimum atomic E-state index is -1.93. The molecule has 0 aromatic heterocycles. The lowest BCUT2D eigenvalue weighted by Crippen LogP contribution is -2.65. The maximum absolute atomic E-state index is 12.7. The molecule has 4 heterocycles. The van der Waals surface area contributed by atoms with Crippen LogP contribution in [0.4, 0.5) is 0 Å². The van der Waals surface area contributed by atoms with E-state index in [9.17, 15) is 81.7 Å². The minimum absolute atomic E-state index is 0.00555. The second kappa shape index (κ2) is 23.7. The van der Waals surface area contributed by atoms with Gasteiger partial charge in [0.05, 0.1) is 50.3 Å². The first-order chi connectivity index (χ1) is 36.4. The Morgan fingerprint density at radius 1 is 0.590 bits per heavy atom. The van der Waals surface area contributed by atoms with Crippen molar-refractivity contribution in [2.24, 2.45) is 45.3 Å². The first-order valence-electron chi connectivity index (χ1n) is 28.0. The molecule has 30 atom stereocenters. The van der Waals surface area contributed by atoms with Gasteiger partial charge in [0.2, 0.25) is 0 Å². The van der Waals surface area contributed by atoms with Crippen molar-refractivity contribution in [3.05, 3.63) is 11.6 Å². The zero-order valence-corrected chi connectivity index (χ0v) is 46.1. The quantitative estimate of drug-likeness (QED) is 0.0637. The molecule has 24 nitrogen and oxygen atoms in total. The number of fused-ring (bicyclic) bond motifs is 5. The third-order valence-electron chi connectivity index (χ3n) is 20.8. The van der Waals surface area contributed by atoms with Crippen LogP contribution < -0.4 is 0 Å². The van der Waals surface area contributed by atoms with Crippen molar-refractivity contribution >= 4 is 0 Å². The summed E-state index contributed by atoms with van der Waals surface area (Å²) in [6.45, 7) is 13.5. The Hall–Kier alpha value is -1.22. The highest BCUT2D eigenvalue weighted by molar-refractivity contribution is 5.32. The van der Waals surface area contributed by atoms with Crippen molar-refractivity contribution in [1.82, 2.24) is 0 Å². The molecule has 0 bridgehead atoms. The molecule has 0 spiro atoms. The average molecular weight is 1130 g/mol. The summed E-state index contributed by atoms with van der Waals surface area (Å²) in [5, 5.41) is 172. The van der Waals surface area contributed by atoms with Crippen LogP contribution in [0, 0.1) is 45.3 Å². The highest BCUT2D eigenvalue weighted by atomic mass is 16.8. The molecule has 4 aliphatic carbocycles. The van der Waals surface area contributed by atoms with Crippen molar-refractivity contribution in [3.63, 3.8) is 0 Å². The van der Waals surface area contributed by atoms with E-state index in [2.05, 4.69) is 47.6 Å². The molecule has 4 aliphatic heterocycles. The molecular formula is C54H92O24. The van der Waals surface area contributed by atoms with E-state index >= 15 is 0 Å². The van der Waals surface area contributed by atoms with Crippen molar-refractivity contribution in [2.75, 3.05) is 26.4 Å². The van der Waals surface area contributed by atoms with Gasteiger partial charge >= 0.3 is 0 Å². The van der Waals surface area contributed by atoms with Gasteiger partial charge in [-0.3, -0.25) is 0 Å². The molecule has 3 saturated carbocycles. The van der Waals surface area contributed by atoms with Gasteiger partial charge in [-0.2, -0.15) is 0 Å². The summed E-state index contributed by atoms with van der Waals surface area (Å²) in [5.41, 5.74) is -2.07. The SMILES string of the molecule is C[C@@H](CC[C@@H](O[C@@H]1O[C@H](CO[C@@H]2O[C@H](CO)[C@@H](O)[C@H](O)[C@H]2O)[C@@H](O)[C@H](O)[C@H]1O[C@@H]1O[C@H](CO)[C@@H](O)[C@H](O)[C@H]1O)C(C)(C)O)[C@H]1CC[C@@]2(C)[C@@H]3CC=C4[C@@H](CC[C@H](O[C@@H]5O[C@H](CO)[C@@H](O)[C@H](O)[C@H]5O)C4(C)C)[C@]3(C)[C@H](O)C[C@]12C. The van der Waals surface area contributed by atoms with E-state index in [-0.39, 0.29) is 40.9 Å². The maximum Gasteiger partial charge on any atom is 0.187 e. The van der Waals surface area contributed by atoms with Crippen LogP contribution in [0.25, 0.3) is 0 Å². The van der Waals surface area contributed by atoms with Crippen molar-refractivity contribution in [1.29, 1.82) is 0 Å². The van der Waals surface area contributed by atoms with Crippen LogP contribution in [0.3, 0.4) is 0 Å². The van der Waals surface area contributed by atoms with Crippen LogP contribution in [0.1, 0.15) is 107 Å². The van der Waals surface area contributed by atoms with Crippen LogP contribution in [0.5, 0.6) is 0 Å². The van der Waals surface area contributed by atoms with Gasteiger partial charge in [0.25, 0.3) is 0 Å². The highest BCUT2D eigenvalue weighted by Crippen LogP contribution is 2.75. The number of aliphatic hydroxyl groups excluding tert-OH is 15. The Kier molecular flexibility index (Phi) is 19.1. The van der Waals surface area contributed by atoms with Gasteiger partial charge in [0.15, 0.2) is 25.2 Å². The van der Waals surface area contributed by atoms with Gasteiger partial charge in [-0.1, -0.05) is 53.2 Å². The van der Waals surface area contributed by atoms with E-state index in [1.165, 1.54) is 13.8 Å². The lowest BCUT2D eigenvalue weighted by molar-refractivity contribution is -0.380. The third-order valence-corrected chi connectivity index (χ3v) is 20.8. The van der Waals surface area contributed by atoms with Gasteiger partial charge in [-0.15, -0.1) is 0 Å². The Balaban J connectivity index is 0.987. The molecule has 8 rings (SSSR count). The number of rotatable bonds is 17. The molecule has 452 valence electrons. The van der Waals surface area contributed by atoms with Gasteiger partial charge in [-0.05, 0) is 99.7 Å². The minimum Gasteiger partial charge on any atom is -0.394 e. The first-order valence-corrected chi connectivity index (χ1v) is 28.0. The van der Waals surface area contributed by atoms with Gasteiger partial charge in [-0.25, -0.2) is 0 Å². The standard InChI is InChI=1S/C54H92O24/c1-22(23-15-16-52(6)30-12-10-24-25(54(30,8)31(58)17-53(23,52)7)11-14-32(50(24,2)3)76-47-43(68)39(64)35(60)27(19-56)73-47)9-13-33(51(4,5)70)77-49-45(78-48-44(69)40(65)36(61)28(20-57)74-48)41(66)37(62)29(75-49)21-71-46-42(67)38(63)34(59)26(18-55)72-46/h10,22-23,25-49,55-70H,9,11-21H2,1-8H3/t22-,23+,25+,26+,27+,28+,29+,30-,31+,32-,33+,34+,35+,36+,37+,38-,39-,40-,41-,42+,43+,44+,45+,46+,47-,48-,49-,52-,53+,54-/m0/s1.